The number of anilines is 2. The lowest BCUT2D eigenvalue weighted by Crippen LogP contribution is -2.29. The number of carbonyl (C=O) groups is 2. The van der Waals surface area contributed by atoms with Crippen molar-refractivity contribution in [1.29, 1.82) is 0 Å². The third-order valence-electron chi connectivity index (χ3n) is 3.61. The van der Waals surface area contributed by atoms with Crippen LogP contribution < -0.4 is 9.62 Å². The molecule has 1 aliphatic heterocycles. The van der Waals surface area contributed by atoms with Gasteiger partial charge >= 0.3 is 0 Å². The summed E-state index contributed by atoms with van der Waals surface area (Å²) in [6.45, 7) is 0. The second kappa shape index (κ2) is 6.78. The van der Waals surface area contributed by atoms with Gasteiger partial charge in [-0.25, -0.2) is 12.7 Å². The van der Waals surface area contributed by atoms with Gasteiger partial charge in [-0.1, -0.05) is 27.5 Å². The highest BCUT2D eigenvalue weighted by atomic mass is 79.9. The maximum atomic E-state index is 12.3. The van der Waals surface area contributed by atoms with E-state index < -0.39 is 21.8 Å². The normalized spacial score (nSPS) is 16.1. The Bertz CT molecular complexity index is 961. The molecule has 0 bridgehead atoms. The zero-order chi connectivity index (χ0) is 18.2. The Morgan fingerprint density at radius 2 is 1.84 bits per heavy atom. The summed E-state index contributed by atoms with van der Waals surface area (Å²) in [6.07, 6.45) is -0.0637. The summed E-state index contributed by atoms with van der Waals surface area (Å²) < 4.78 is 25.5. The number of benzene rings is 2. The molecule has 0 saturated carbocycles. The van der Waals surface area contributed by atoms with E-state index in [1.807, 2.05) is 0 Å². The van der Waals surface area contributed by atoms with Gasteiger partial charge in [-0.15, -0.1) is 0 Å². The summed E-state index contributed by atoms with van der Waals surface area (Å²) >= 11 is 9.44. The lowest BCUT2D eigenvalue weighted by molar-refractivity contribution is -0.116. The van der Waals surface area contributed by atoms with Gasteiger partial charge in [-0.2, -0.15) is 0 Å². The van der Waals surface area contributed by atoms with Crippen molar-refractivity contribution < 1.29 is 18.0 Å². The topological polar surface area (TPSA) is 83.6 Å². The third kappa shape index (κ3) is 3.70. The standard InChI is InChI=1S/C16H12BrClN2O4S/c17-10-1-3-11(4-2-10)19-16(22)13-6-5-12(9-14(13)18)20-15(21)7-8-25(20,23)24/h1-6,9H,7-8H2,(H,19,22). The van der Waals surface area contributed by atoms with Crippen LogP contribution >= 0.6 is 27.5 Å². The Balaban J connectivity index is 1.86. The second-order valence-electron chi connectivity index (χ2n) is 5.35. The Morgan fingerprint density at radius 1 is 1.16 bits per heavy atom. The molecule has 0 atom stereocenters. The molecule has 2 aromatic rings. The summed E-state index contributed by atoms with van der Waals surface area (Å²) in [7, 11) is -3.67. The van der Waals surface area contributed by atoms with E-state index in [4.69, 9.17) is 11.6 Å². The van der Waals surface area contributed by atoms with Crippen molar-refractivity contribution in [3.8, 4) is 0 Å². The minimum Gasteiger partial charge on any atom is -0.322 e. The number of hydrogen-bond donors (Lipinski definition) is 1. The summed E-state index contributed by atoms with van der Waals surface area (Å²) in [5.74, 6) is -1.17. The van der Waals surface area contributed by atoms with Crippen LogP contribution in [-0.2, 0) is 14.8 Å². The fourth-order valence-electron chi connectivity index (χ4n) is 2.41. The first kappa shape index (κ1) is 17.9. The Labute approximate surface area is 158 Å². The molecule has 1 aliphatic rings. The van der Waals surface area contributed by atoms with E-state index in [2.05, 4.69) is 21.2 Å². The first-order valence-corrected chi connectivity index (χ1v) is 9.98. The highest BCUT2D eigenvalue weighted by molar-refractivity contribution is 9.10. The molecule has 0 aliphatic carbocycles. The van der Waals surface area contributed by atoms with Gasteiger partial charge in [0.2, 0.25) is 15.9 Å². The minimum absolute atomic E-state index is 0.0574. The van der Waals surface area contributed by atoms with Crippen molar-refractivity contribution in [3.05, 3.63) is 57.5 Å². The van der Waals surface area contributed by atoms with Crippen LogP contribution in [-0.4, -0.2) is 26.0 Å². The number of halogens is 2. The van der Waals surface area contributed by atoms with E-state index in [1.165, 1.54) is 18.2 Å². The molecule has 130 valence electrons. The fourth-order valence-corrected chi connectivity index (χ4v) is 4.39. The van der Waals surface area contributed by atoms with Crippen LogP contribution in [0, 0.1) is 0 Å². The lowest BCUT2D eigenvalue weighted by atomic mass is 10.1. The average Bonchev–Trinajstić information content (AvgIpc) is 2.82. The monoisotopic (exact) mass is 442 g/mol. The van der Waals surface area contributed by atoms with E-state index in [1.54, 1.807) is 24.3 Å². The van der Waals surface area contributed by atoms with Crippen LogP contribution in [0.3, 0.4) is 0 Å². The van der Waals surface area contributed by atoms with Crippen molar-refractivity contribution >= 4 is 60.7 Å². The van der Waals surface area contributed by atoms with Crippen LogP contribution in [0.15, 0.2) is 46.9 Å². The zero-order valence-corrected chi connectivity index (χ0v) is 15.9. The van der Waals surface area contributed by atoms with Gasteiger partial charge < -0.3 is 5.32 Å². The van der Waals surface area contributed by atoms with Crippen molar-refractivity contribution in [3.63, 3.8) is 0 Å². The molecule has 3 rings (SSSR count). The van der Waals surface area contributed by atoms with Crippen LogP contribution in [0.5, 0.6) is 0 Å². The molecule has 1 fully saturated rings. The maximum Gasteiger partial charge on any atom is 0.257 e. The molecule has 0 spiro atoms. The van der Waals surface area contributed by atoms with Crippen LogP contribution in [0.25, 0.3) is 0 Å². The van der Waals surface area contributed by atoms with Gasteiger partial charge in [0.1, 0.15) is 0 Å². The maximum absolute atomic E-state index is 12.3. The van der Waals surface area contributed by atoms with Gasteiger partial charge in [0.25, 0.3) is 5.91 Å². The van der Waals surface area contributed by atoms with Gasteiger partial charge in [-0.3, -0.25) is 9.59 Å². The smallest absolute Gasteiger partial charge is 0.257 e. The van der Waals surface area contributed by atoms with E-state index in [9.17, 15) is 18.0 Å². The van der Waals surface area contributed by atoms with Gasteiger partial charge in [-0.05, 0) is 42.5 Å². The molecular formula is C16H12BrClN2O4S. The number of hydrogen-bond acceptors (Lipinski definition) is 4. The molecule has 1 N–H and O–H groups in total. The molecule has 0 radical (unpaired) electrons. The van der Waals surface area contributed by atoms with Crippen molar-refractivity contribution in [2.45, 2.75) is 6.42 Å². The number of sulfonamides is 1. The largest absolute Gasteiger partial charge is 0.322 e. The van der Waals surface area contributed by atoms with Crippen molar-refractivity contribution in [2.75, 3.05) is 15.4 Å². The Kier molecular flexibility index (Phi) is 4.86. The van der Waals surface area contributed by atoms with Gasteiger partial charge in [0.05, 0.1) is 22.0 Å². The molecule has 9 heteroatoms. The van der Waals surface area contributed by atoms with Crippen LogP contribution in [0.1, 0.15) is 16.8 Å². The van der Waals surface area contributed by atoms with E-state index in [0.717, 1.165) is 8.78 Å². The van der Waals surface area contributed by atoms with Crippen molar-refractivity contribution in [1.82, 2.24) is 0 Å². The van der Waals surface area contributed by atoms with Gasteiger partial charge in [0, 0.05) is 16.6 Å². The predicted octanol–water partition coefficient (Wildman–Crippen LogP) is 3.42. The van der Waals surface area contributed by atoms with Gasteiger partial charge in [0.15, 0.2) is 0 Å². The fraction of sp³-hybridized carbons (Fsp3) is 0.125. The Hall–Kier alpha value is -1.90. The van der Waals surface area contributed by atoms with E-state index in [-0.39, 0.29) is 28.4 Å². The van der Waals surface area contributed by atoms with Crippen LogP contribution in [0.2, 0.25) is 5.02 Å². The number of carbonyl (C=O) groups excluding carboxylic acids is 2. The molecular weight excluding hydrogens is 432 g/mol. The molecule has 25 heavy (non-hydrogen) atoms. The third-order valence-corrected chi connectivity index (χ3v) is 6.14. The zero-order valence-electron chi connectivity index (χ0n) is 12.7. The summed E-state index contributed by atoms with van der Waals surface area (Å²) in [4.78, 5) is 24.1. The first-order chi connectivity index (χ1) is 11.8. The molecule has 0 unspecified atom stereocenters. The minimum atomic E-state index is -3.67. The summed E-state index contributed by atoms with van der Waals surface area (Å²) in [6, 6.07) is 11.1. The first-order valence-electron chi connectivity index (χ1n) is 7.20. The summed E-state index contributed by atoms with van der Waals surface area (Å²) in [5, 5.41) is 2.75. The molecule has 1 heterocycles. The van der Waals surface area contributed by atoms with Crippen LogP contribution in [0.4, 0.5) is 11.4 Å². The second-order valence-corrected chi connectivity index (χ2v) is 8.61. The highest BCUT2D eigenvalue weighted by Gasteiger charge is 2.36. The molecule has 0 aromatic heterocycles. The van der Waals surface area contributed by atoms with E-state index >= 15 is 0 Å². The molecule has 2 aromatic carbocycles. The predicted molar refractivity (Wildman–Crippen MR) is 99.4 cm³/mol. The average molecular weight is 444 g/mol. The lowest BCUT2D eigenvalue weighted by Gasteiger charge is -2.16. The molecule has 1 saturated heterocycles. The Morgan fingerprint density at radius 3 is 2.40 bits per heavy atom. The number of nitrogens with one attached hydrogen (secondary N) is 1. The number of nitrogens with zero attached hydrogens (tertiary/aromatic N) is 1. The highest BCUT2D eigenvalue weighted by Crippen LogP contribution is 2.29. The molecule has 2 amide bonds. The quantitative estimate of drug-likeness (QED) is 0.788. The number of amides is 2. The number of rotatable bonds is 3. The molecule has 6 nitrogen and oxygen atoms in total. The van der Waals surface area contributed by atoms with E-state index in [0.29, 0.717) is 5.69 Å². The SMILES string of the molecule is O=C(Nc1ccc(Br)cc1)c1ccc(N2C(=O)CCS2(=O)=O)cc1Cl. The summed E-state index contributed by atoms with van der Waals surface area (Å²) in [5.41, 5.74) is 0.899. The van der Waals surface area contributed by atoms with Crippen molar-refractivity contribution in [2.24, 2.45) is 0 Å².